The van der Waals surface area contributed by atoms with Crippen molar-refractivity contribution in [3.63, 3.8) is 0 Å². The summed E-state index contributed by atoms with van der Waals surface area (Å²) in [5.74, 6) is 0. The van der Waals surface area contributed by atoms with Gasteiger partial charge in [0, 0.05) is 27.8 Å². The highest BCUT2D eigenvalue weighted by Gasteiger charge is 2.58. The monoisotopic (exact) mass is 346 g/mol. The van der Waals surface area contributed by atoms with E-state index >= 15 is 0 Å². The van der Waals surface area contributed by atoms with Crippen LogP contribution in [0.25, 0.3) is 0 Å². The maximum Gasteiger partial charge on any atom is 0.366 e. The first kappa shape index (κ1) is 18.5. The Morgan fingerprint density at radius 3 is 2.48 bits per heavy atom. The quantitative estimate of drug-likeness (QED) is 0.757. The number of methoxy groups -OCH3 is 1. The highest BCUT2D eigenvalue weighted by atomic mass is 31.2. The third kappa shape index (κ3) is 3.83. The summed E-state index contributed by atoms with van der Waals surface area (Å²) < 4.78 is 39.1. The third-order valence-corrected chi connectivity index (χ3v) is 6.24. The first-order chi connectivity index (χ1) is 11.0. The van der Waals surface area contributed by atoms with Crippen molar-refractivity contribution in [2.24, 2.45) is 0 Å². The number of benzene rings is 1. The van der Waals surface area contributed by atoms with Gasteiger partial charge in [-0.1, -0.05) is 30.3 Å². The lowest BCUT2D eigenvalue weighted by atomic mass is 10.1. The van der Waals surface area contributed by atoms with E-state index in [1.807, 2.05) is 30.3 Å². The van der Waals surface area contributed by atoms with Gasteiger partial charge >= 0.3 is 7.60 Å². The van der Waals surface area contributed by atoms with Crippen LogP contribution >= 0.6 is 7.60 Å². The van der Waals surface area contributed by atoms with Gasteiger partial charge in [-0.2, -0.15) is 0 Å². The smallest absolute Gasteiger partial charge is 0.366 e. The van der Waals surface area contributed by atoms with Crippen LogP contribution in [0.1, 0.15) is 12.0 Å². The Labute approximate surface area is 136 Å². The van der Waals surface area contributed by atoms with Crippen LogP contribution in [-0.2, 0) is 34.4 Å². The van der Waals surface area contributed by atoms with Gasteiger partial charge in [0.25, 0.3) is 0 Å². The second-order valence-corrected chi connectivity index (χ2v) is 7.74. The molecule has 3 atom stereocenters. The molecule has 1 aromatic carbocycles. The maximum absolute atomic E-state index is 12.7. The molecule has 7 nitrogen and oxygen atoms in total. The Hall–Kier alpha value is -0.790. The Bertz CT molecular complexity index is 530. The topological polar surface area (TPSA) is 83.5 Å². The van der Waals surface area contributed by atoms with Crippen molar-refractivity contribution in [1.29, 1.82) is 0 Å². The zero-order valence-electron chi connectivity index (χ0n) is 13.5. The minimum Gasteiger partial charge on any atom is -0.374 e. The SMILES string of the molecule is CO[C@H]1C[C@H](OCc2ccccc2)[C@](O)(P(=O)(OC)OC)CO1. The lowest BCUT2D eigenvalue weighted by Crippen LogP contribution is -2.54. The van der Waals surface area contributed by atoms with E-state index in [4.69, 9.17) is 23.3 Å². The number of rotatable bonds is 7. The molecule has 1 heterocycles. The van der Waals surface area contributed by atoms with Crippen molar-refractivity contribution in [3.05, 3.63) is 35.9 Å². The number of hydrogen-bond donors (Lipinski definition) is 1. The molecule has 2 rings (SSSR count). The molecule has 0 saturated carbocycles. The minimum absolute atomic E-state index is 0.205. The standard InChI is InChI=1S/C15H23O7P/c1-18-14-9-13(21-10-12-7-5-4-6-8-12)15(16,11-22-14)23(17,19-2)20-3/h4-8,13-14,16H,9-11H2,1-3H3/t13-,14+,15+/m0/s1. The first-order valence-corrected chi connectivity index (χ1v) is 8.77. The van der Waals surface area contributed by atoms with Crippen molar-refractivity contribution in [3.8, 4) is 0 Å². The van der Waals surface area contributed by atoms with Crippen LogP contribution in [0.5, 0.6) is 0 Å². The summed E-state index contributed by atoms with van der Waals surface area (Å²) >= 11 is 0. The summed E-state index contributed by atoms with van der Waals surface area (Å²) in [7, 11) is 0.105. The van der Waals surface area contributed by atoms with Gasteiger partial charge in [-0.15, -0.1) is 0 Å². The van der Waals surface area contributed by atoms with E-state index in [0.717, 1.165) is 5.56 Å². The highest BCUT2D eigenvalue weighted by molar-refractivity contribution is 7.55. The fourth-order valence-electron chi connectivity index (χ4n) is 2.52. The molecule has 23 heavy (non-hydrogen) atoms. The van der Waals surface area contributed by atoms with Crippen LogP contribution in [0.15, 0.2) is 30.3 Å². The van der Waals surface area contributed by atoms with Crippen LogP contribution < -0.4 is 0 Å². The van der Waals surface area contributed by atoms with Crippen molar-refractivity contribution >= 4 is 7.60 Å². The van der Waals surface area contributed by atoms with Crippen LogP contribution in [-0.4, -0.2) is 50.8 Å². The van der Waals surface area contributed by atoms with Gasteiger partial charge in [-0.3, -0.25) is 4.57 Å². The molecule has 130 valence electrons. The molecule has 1 aliphatic heterocycles. The van der Waals surface area contributed by atoms with Crippen LogP contribution in [0.2, 0.25) is 0 Å². The number of ether oxygens (including phenoxy) is 3. The van der Waals surface area contributed by atoms with Gasteiger partial charge in [0.2, 0.25) is 5.34 Å². The second kappa shape index (κ2) is 7.85. The second-order valence-electron chi connectivity index (χ2n) is 5.24. The molecule has 0 spiro atoms. The predicted molar refractivity (Wildman–Crippen MR) is 83.0 cm³/mol. The van der Waals surface area contributed by atoms with Crippen LogP contribution in [0.4, 0.5) is 0 Å². The molecule has 1 saturated heterocycles. The average molecular weight is 346 g/mol. The lowest BCUT2D eigenvalue weighted by molar-refractivity contribution is -0.235. The molecule has 1 aromatic rings. The Kier molecular flexibility index (Phi) is 6.33. The fourth-order valence-corrected chi connectivity index (χ4v) is 4.07. The van der Waals surface area contributed by atoms with E-state index in [-0.39, 0.29) is 19.6 Å². The minimum atomic E-state index is -3.83. The molecule has 0 aliphatic carbocycles. The highest BCUT2D eigenvalue weighted by Crippen LogP contribution is 2.61. The third-order valence-electron chi connectivity index (χ3n) is 3.92. The Morgan fingerprint density at radius 1 is 1.26 bits per heavy atom. The van der Waals surface area contributed by atoms with E-state index < -0.39 is 25.3 Å². The summed E-state index contributed by atoms with van der Waals surface area (Å²) in [4.78, 5) is 0. The maximum atomic E-state index is 12.7. The van der Waals surface area contributed by atoms with Gasteiger partial charge < -0.3 is 28.4 Å². The zero-order chi connectivity index (χ0) is 16.9. The van der Waals surface area contributed by atoms with E-state index in [1.54, 1.807) is 0 Å². The summed E-state index contributed by atoms with van der Waals surface area (Å²) in [6.07, 6.45) is -1.18. The first-order valence-electron chi connectivity index (χ1n) is 7.23. The molecular formula is C15H23O7P. The molecule has 1 aliphatic rings. The number of hydrogen-bond acceptors (Lipinski definition) is 7. The fraction of sp³-hybridized carbons (Fsp3) is 0.600. The van der Waals surface area contributed by atoms with E-state index in [9.17, 15) is 9.67 Å². The summed E-state index contributed by atoms with van der Waals surface area (Å²) in [5, 5.41) is 9.02. The number of aliphatic hydroxyl groups is 1. The van der Waals surface area contributed by atoms with Gasteiger partial charge in [-0.25, -0.2) is 0 Å². The predicted octanol–water partition coefficient (Wildman–Crippen LogP) is 2.14. The van der Waals surface area contributed by atoms with Gasteiger partial charge in [0.05, 0.1) is 13.2 Å². The molecule has 0 aromatic heterocycles. The van der Waals surface area contributed by atoms with Gasteiger partial charge in [0.15, 0.2) is 6.29 Å². The molecular weight excluding hydrogens is 323 g/mol. The summed E-state index contributed by atoms with van der Waals surface area (Å²) in [6.45, 7) is -0.0262. The van der Waals surface area contributed by atoms with Crippen LogP contribution in [0, 0.1) is 0 Å². The average Bonchev–Trinajstić information content (AvgIpc) is 2.61. The van der Waals surface area contributed by atoms with E-state index in [1.165, 1.54) is 21.3 Å². The molecule has 0 radical (unpaired) electrons. The van der Waals surface area contributed by atoms with Crippen molar-refractivity contribution in [1.82, 2.24) is 0 Å². The molecule has 0 bridgehead atoms. The van der Waals surface area contributed by atoms with Crippen LogP contribution in [0.3, 0.4) is 0 Å². The van der Waals surface area contributed by atoms with E-state index in [0.29, 0.717) is 0 Å². The van der Waals surface area contributed by atoms with E-state index in [2.05, 4.69) is 0 Å². The lowest BCUT2D eigenvalue weighted by Gasteiger charge is -2.43. The zero-order valence-corrected chi connectivity index (χ0v) is 14.4. The Balaban J connectivity index is 2.19. The van der Waals surface area contributed by atoms with Gasteiger partial charge in [0.1, 0.15) is 6.10 Å². The van der Waals surface area contributed by atoms with Crippen molar-refractivity contribution in [2.45, 2.75) is 30.8 Å². The van der Waals surface area contributed by atoms with Crippen molar-refractivity contribution in [2.75, 3.05) is 27.9 Å². The Morgan fingerprint density at radius 2 is 1.91 bits per heavy atom. The molecule has 1 N–H and O–H groups in total. The van der Waals surface area contributed by atoms with Gasteiger partial charge in [-0.05, 0) is 5.56 Å². The molecule has 1 fully saturated rings. The molecule has 0 unspecified atom stereocenters. The molecule has 8 heteroatoms. The molecule has 0 amide bonds. The largest absolute Gasteiger partial charge is 0.374 e. The summed E-state index contributed by atoms with van der Waals surface area (Å²) in [6, 6.07) is 9.49. The summed E-state index contributed by atoms with van der Waals surface area (Å²) in [5.41, 5.74) is 0.931. The normalized spacial score (nSPS) is 28.7. The van der Waals surface area contributed by atoms with Crippen molar-refractivity contribution < 1.29 is 32.9 Å².